The van der Waals surface area contributed by atoms with Gasteiger partial charge in [-0.15, -0.1) is 0 Å². The molecule has 120 valence electrons. The van der Waals surface area contributed by atoms with E-state index in [4.69, 9.17) is 22.1 Å². The Morgan fingerprint density at radius 1 is 1.43 bits per heavy atom. The molecular formula is C15H27ClN4O. The van der Waals surface area contributed by atoms with Crippen LogP contribution >= 0.6 is 11.6 Å². The van der Waals surface area contributed by atoms with Crippen LogP contribution in [0.15, 0.2) is 6.20 Å². The van der Waals surface area contributed by atoms with Crippen LogP contribution in [-0.2, 0) is 11.3 Å². The van der Waals surface area contributed by atoms with Crippen LogP contribution in [0, 0.1) is 0 Å². The number of rotatable bonds is 6. The minimum Gasteiger partial charge on any atom is -0.376 e. The van der Waals surface area contributed by atoms with Gasteiger partial charge in [0.2, 0.25) is 0 Å². The van der Waals surface area contributed by atoms with Crippen LogP contribution in [0.1, 0.15) is 43.8 Å². The lowest BCUT2D eigenvalue weighted by Gasteiger charge is -2.41. The third-order valence-corrected chi connectivity index (χ3v) is 4.85. The van der Waals surface area contributed by atoms with Crippen LogP contribution in [0.4, 0.5) is 0 Å². The van der Waals surface area contributed by atoms with Gasteiger partial charge in [-0.3, -0.25) is 4.68 Å². The van der Waals surface area contributed by atoms with E-state index < -0.39 is 0 Å². The molecule has 5 nitrogen and oxygen atoms in total. The predicted molar refractivity (Wildman–Crippen MR) is 85.5 cm³/mol. The molecule has 0 radical (unpaired) electrons. The number of likely N-dealkylation sites (N-methyl/N-ethyl adjacent to an activating group) is 1. The van der Waals surface area contributed by atoms with Crippen molar-refractivity contribution in [2.75, 3.05) is 27.7 Å². The Hall–Kier alpha value is -0.620. The SMILES string of the molecule is COC1(C(N)c2c(Cl)cnn2CCN(C)C)CCCCC1. The van der Waals surface area contributed by atoms with Crippen molar-refractivity contribution in [2.45, 2.75) is 50.3 Å². The van der Waals surface area contributed by atoms with E-state index in [0.29, 0.717) is 5.02 Å². The third kappa shape index (κ3) is 3.59. The van der Waals surface area contributed by atoms with Gasteiger partial charge in [0, 0.05) is 13.7 Å². The predicted octanol–water partition coefficient (Wildman–Crippen LogP) is 2.45. The molecule has 0 bridgehead atoms. The molecule has 1 aromatic heterocycles. The summed E-state index contributed by atoms with van der Waals surface area (Å²) < 4.78 is 7.80. The molecule has 1 atom stereocenters. The Morgan fingerprint density at radius 2 is 2.10 bits per heavy atom. The molecule has 0 aromatic carbocycles. The fraction of sp³-hybridized carbons (Fsp3) is 0.800. The number of halogens is 1. The van der Waals surface area contributed by atoms with Gasteiger partial charge in [0.15, 0.2) is 0 Å². The Bertz CT molecular complexity index is 455. The van der Waals surface area contributed by atoms with E-state index in [2.05, 4.69) is 10.00 Å². The fourth-order valence-corrected chi connectivity index (χ4v) is 3.45. The first-order valence-corrected chi connectivity index (χ1v) is 8.04. The summed E-state index contributed by atoms with van der Waals surface area (Å²) in [4.78, 5) is 2.12. The van der Waals surface area contributed by atoms with Gasteiger partial charge >= 0.3 is 0 Å². The Morgan fingerprint density at radius 3 is 2.67 bits per heavy atom. The van der Waals surface area contributed by atoms with Gasteiger partial charge in [0.25, 0.3) is 0 Å². The van der Waals surface area contributed by atoms with Gasteiger partial charge < -0.3 is 15.4 Å². The maximum absolute atomic E-state index is 6.58. The van der Waals surface area contributed by atoms with Crippen molar-refractivity contribution in [2.24, 2.45) is 5.73 Å². The number of methoxy groups -OCH3 is 1. The van der Waals surface area contributed by atoms with Crippen molar-refractivity contribution in [3.63, 3.8) is 0 Å². The average Bonchev–Trinajstić information content (AvgIpc) is 2.86. The van der Waals surface area contributed by atoms with Crippen molar-refractivity contribution in [1.82, 2.24) is 14.7 Å². The van der Waals surface area contributed by atoms with Crippen LogP contribution in [0.25, 0.3) is 0 Å². The van der Waals surface area contributed by atoms with Gasteiger partial charge in [-0.25, -0.2) is 0 Å². The van der Waals surface area contributed by atoms with Crippen molar-refractivity contribution in [1.29, 1.82) is 0 Å². The number of nitrogens with zero attached hydrogens (tertiary/aromatic N) is 3. The summed E-state index contributed by atoms with van der Waals surface area (Å²) in [6, 6.07) is -0.236. The van der Waals surface area contributed by atoms with Crippen molar-refractivity contribution in [3.05, 3.63) is 16.9 Å². The number of ether oxygens (including phenoxy) is 1. The molecule has 1 aromatic rings. The minimum absolute atomic E-state index is 0.236. The highest BCUT2D eigenvalue weighted by molar-refractivity contribution is 6.31. The number of hydrogen-bond acceptors (Lipinski definition) is 4. The Balaban J connectivity index is 2.24. The summed E-state index contributed by atoms with van der Waals surface area (Å²) in [7, 11) is 5.85. The van der Waals surface area contributed by atoms with Gasteiger partial charge in [-0.2, -0.15) is 5.10 Å². The van der Waals surface area contributed by atoms with Crippen molar-refractivity contribution < 1.29 is 4.74 Å². The topological polar surface area (TPSA) is 56.3 Å². The molecule has 2 rings (SSSR count). The molecule has 1 aliphatic rings. The highest BCUT2D eigenvalue weighted by Crippen LogP contribution is 2.41. The summed E-state index contributed by atoms with van der Waals surface area (Å²) in [6.45, 7) is 1.68. The maximum atomic E-state index is 6.58. The zero-order chi connectivity index (χ0) is 15.5. The van der Waals surface area contributed by atoms with Crippen molar-refractivity contribution >= 4 is 11.6 Å². The van der Waals surface area contributed by atoms with E-state index in [9.17, 15) is 0 Å². The molecule has 1 heterocycles. The lowest BCUT2D eigenvalue weighted by Crippen LogP contribution is -2.45. The van der Waals surface area contributed by atoms with Crippen LogP contribution in [0.5, 0.6) is 0 Å². The number of aromatic nitrogens is 2. The van der Waals surface area contributed by atoms with E-state index in [1.165, 1.54) is 6.42 Å². The highest BCUT2D eigenvalue weighted by atomic mass is 35.5. The van der Waals surface area contributed by atoms with Crippen molar-refractivity contribution in [3.8, 4) is 0 Å². The average molecular weight is 315 g/mol. The first-order valence-electron chi connectivity index (χ1n) is 7.67. The molecular weight excluding hydrogens is 288 g/mol. The van der Waals surface area contributed by atoms with E-state index in [1.807, 2.05) is 18.8 Å². The molecule has 21 heavy (non-hydrogen) atoms. The summed E-state index contributed by atoms with van der Waals surface area (Å²) in [5.41, 5.74) is 7.18. The lowest BCUT2D eigenvalue weighted by molar-refractivity contribution is -0.0613. The summed E-state index contributed by atoms with van der Waals surface area (Å²) in [5.74, 6) is 0. The molecule has 0 amide bonds. The molecule has 1 unspecified atom stereocenters. The monoisotopic (exact) mass is 314 g/mol. The maximum Gasteiger partial charge on any atom is 0.0886 e. The normalized spacial score (nSPS) is 19.9. The fourth-order valence-electron chi connectivity index (χ4n) is 3.20. The number of hydrogen-bond donors (Lipinski definition) is 1. The van der Waals surface area contributed by atoms with Crippen LogP contribution in [-0.4, -0.2) is 48.0 Å². The van der Waals surface area contributed by atoms with Gasteiger partial charge in [0.1, 0.15) is 0 Å². The molecule has 0 saturated heterocycles. The van der Waals surface area contributed by atoms with Gasteiger partial charge in [-0.05, 0) is 26.9 Å². The van der Waals surface area contributed by atoms with Crippen LogP contribution in [0.2, 0.25) is 5.02 Å². The molecule has 0 spiro atoms. The molecule has 0 aliphatic heterocycles. The summed E-state index contributed by atoms with van der Waals surface area (Å²) in [5, 5.41) is 5.03. The first-order chi connectivity index (χ1) is 10.00. The summed E-state index contributed by atoms with van der Waals surface area (Å²) in [6.07, 6.45) is 7.24. The molecule has 1 fully saturated rings. The largest absolute Gasteiger partial charge is 0.376 e. The quantitative estimate of drug-likeness (QED) is 0.876. The van der Waals surface area contributed by atoms with E-state index in [0.717, 1.165) is 44.5 Å². The molecule has 2 N–H and O–H groups in total. The minimum atomic E-state index is -0.308. The van der Waals surface area contributed by atoms with Gasteiger partial charge in [-0.1, -0.05) is 30.9 Å². The standard InChI is InChI=1S/C15H27ClN4O/c1-19(2)9-10-20-13(12(16)11-18-20)14(17)15(21-3)7-5-4-6-8-15/h11,14H,4-10,17H2,1-3H3. The second-order valence-electron chi connectivity index (χ2n) is 6.21. The number of nitrogens with two attached hydrogens (primary N) is 1. The Labute approximate surface area is 132 Å². The van der Waals surface area contributed by atoms with Crippen LogP contribution in [0.3, 0.4) is 0 Å². The molecule has 1 aliphatic carbocycles. The highest BCUT2D eigenvalue weighted by Gasteiger charge is 2.41. The zero-order valence-electron chi connectivity index (χ0n) is 13.3. The first kappa shape index (κ1) is 16.7. The van der Waals surface area contributed by atoms with E-state index in [-0.39, 0.29) is 11.6 Å². The second-order valence-corrected chi connectivity index (χ2v) is 6.62. The molecule has 1 saturated carbocycles. The van der Waals surface area contributed by atoms with E-state index >= 15 is 0 Å². The van der Waals surface area contributed by atoms with Gasteiger partial charge in [0.05, 0.1) is 35.1 Å². The lowest BCUT2D eigenvalue weighted by atomic mass is 9.78. The Kier molecular flexibility index (Phi) is 5.66. The summed E-state index contributed by atoms with van der Waals surface area (Å²) >= 11 is 6.36. The zero-order valence-corrected chi connectivity index (χ0v) is 14.1. The smallest absolute Gasteiger partial charge is 0.0886 e. The second kappa shape index (κ2) is 7.09. The van der Waals surface area contributed by atoms with E-state index in [1.54, 1.807) is 13.3 Å². The molecule has 6 heteroatoms. The van der Waals surface area contributed by atoms with Crippen LogP contribution < -0.4 is 5.73 Å². The third-order valence-electron chi connectivity index (χ3n) is 4.56.